The summed E-state index contributed by atoms with van der Waals surface area (Å²) >= 11 is 0. The maximum absolute atomic E-state index is 12.7. The summed E-state index contributed by atoms with van der Waals surface area (Å²) in [6.45, 7) is -0.413. The molecule has 0 bridgehead atoms. The maximum atomic E-state index is 12.7. The summed E-state index contributed by atoms with van der Waals surface area (Å²) in [5.74, 6) is -1.99. The van der Waals surface area contributed by atoms with Gasteiger partial charge < -0.3 is 10.4 Å². The van der Waals surface area contributed by atoms with Gasteiger partial charge in [0.15, 0.2) is 0 Å². The molecule has 0 spiro atoms. The Bertz CT molecular complexity index is 610. The van der Waals surface area contributed by atoms with E-state index < -0.39 is 47.6 Å². The average molecular weight is 372 g/mol. The fourth-order valence-corrected chi connectivity index (χ4v) is 1.84. The van der Waals surface area contributed by atoms with Crippen LogP contribution in [0, 0.1) is 0 Å². The fraction of sp³-hybridized carbons (Fsp3) is 0.429. The Morgan fingerprint density at radius 3 is 1.92 bits per heavy atom. The lowest BCUT2D eigenvalue weighted by molar-refractivity contribution is -0.143. The van der Waals surface area contributed by atoms with Gasteiger partial charge >= 0.3 is 18.3 Å². The van der Waals surface area contributed by atoms with Gasteiger partial charge in [-0.1, -0.05) is 0 Å². The number of likely N-dealkylation sites (N-methyl/N-ethyl adjacent to an activating group) is 1. The first-order valence-electron chi connectivity index (χ1n) is 6.78. The van der Waals surface area contributed by atoms with E-state index in [2.05, 4.69) is 0 Å². The zero-order chi connectivity index (χ0) is 19.4. The minimum absolute atomic E-state index is 0.0147. The van der Waals surface area contributed by atoms with Crippen LogP contribution in [0.2, 0.25) is 0 Å². The molecule has 0 unspecified atom stereocenters. The van der Waals surface area contributed by atoms with Crippen molar-refractivity contribution in [3.63, 3.8) is 0 Å². The minimum Gasteiger partial charge on any atom is -0.481 e. The molecule has 1 aromatic carbocycles. The van der Waals surface area contributed by atoms with Crippen molar-refractivity contribution in [2.24, 2.45) is 0 Å². The predicted molar refractivity (Wildman–Crippen MR) is 74.8 cm³/mol. The van der Waals surface area contributed by atoms with E-state index in [9.17, 15) is 35.9 Å². The highest BCUT2D eigenvalue weighted by atomic mass is 19.4. The quantitative estimate of drug-likeness (QED) is 0.753. The number of carboxylic acids is 1. The van der Waals surface area contributed by atoms with Crippen LogP contribution in [-0.2, 0) is 21.9 Å². The van der Waals surface area contributed by atoms with Crippen molar-refractivity contribution in [1.82, 2.24) is 4.90 Å². The Kier molecular flexibility index (Phi) is 6.41. The molecule has 1 amide bonds. The zero-order valence-corrected chi connectivity index (χ0v) is 12.8. The van der Waals surface area contributed by atoms with Gasteiger partial charge in [0.05, 0.1) is 24.1 Å². The van der Waals surface area contributed by atoms with E-state index in [1.165, 1.54) is 11.9 Å². The van der Waals surface area contributed by atoms with Crippen LogP contribution >= 0.6 is 0 Å². The molecular formula is C14H14F6N2O3. The van der Waals surface area contributed by atoms with Crippen molar-refractivity contribution in [2.45, 2.75) is 18.8 Å². The van der Waals surface area contributed by atoms with Crippen LogP contribution in [0.3, 0.4) is 0 Å². The third kappa shape index (κ3) is 6.99. The molecule has 5 nitrogen and oxygen atoms in total. The fourth-order valence-electron chi connectivity index (χ4n) is 1.84. The molecule has 0 aromatic heterocycles. The smallest absolute Gasteiger partial charge is 0.416 e. The van der Waals surface area contributed by atoms with E-state index in [-0.39, 0.29) is 19.0 Å². The molecule has 0 saturated heterocycles. The average Bonchev–Trinajstić information content (AvgIpc) is 2.42. The predicted octanol–water partition coefficient (Wildman–Crippen LogP) is 3.07. The lowest BCUT2D eigenvalue weighted by Crippen LogP contribution is -2.31. The van der Waals surface area contributed by atoms with Crippen LogP contribution in [0.5, 0.6) is 0 Å². The second-order valence-electron chi connectivity index (χ2n) is 5.22. The lowest BCUT2D eigenvalue weighted by atomic mass is 10.1. The first kappa shape index (κ1) is 20.7. The van der Waals surface area contributed by atoms with E-state index in [0.29, 0.717) is 12.1 Å². The number of amides is 1. The maximum Gasteiger partial charge on any atom is 0.416 e. The number of halogens is 6. The number of benzene rings is 1. The largest absolute Gasteiger partial charge is 0.481 e. The van der Waals surface area contributed by atoms with E-state index in [1.807, 2.05) is 5.32 Å². The number of hydrogen-bond acceptors (Lipinski definition) is 3. The van der Waals surface area contributed by atoms with E-state index >= 15 is 0 Å². The van der Waals surface area contributed by atoms with Crippen molar-refractivity contribution in [3.05, 3.63) is 29.3 Å². The Morgan fingerprint density at radius 1 is 1.04 bits per heavy atom. The molecule has 25 heavy (non-hydrogen) atoms. The van der Waals surface area contributed by atoms with Crippen LogP contribution in [0.25, 0.3) is 0 Å². The summed E-state index contributed by atoms with van der Waals surface area (Å²) in [6, 6.07) is 0.740. The minimum atomic E-state index is -5.01. The first-order valence-corrected chi connectivity index (χ1v) is 6.78. The summed E-state index contributed by atoms with van der Waals surface area (Å²) < 4.78 is 76.3. The highest BCUT2D eigenvalue weighted by Gasteiger charge is 2.37. The van der Waals surface area contributed by atoms with Crippen molar-refractivity contribution in [1.29, 1.82) is 0 Å². The van der Waals surface area contributed by atoms with Gasteiger partial charge in [-0.2, -0.15) is 26.3 Å². The van der Waals surface area contributed by atoms with Crippen LogP contribution in [0.15, 0.2) is 18.2 Å². The van der Waals surface area contributed by atoms with Crippen LogP contribution in [0.1, 0.15) is 17.5 Å². The molecule has 1 rings (SSSR count). The second kappa shape index (κ2) is 7.72. The van der Waals surface area contributed by atoms with Gasteiger partial charge in [-0.3, -0.25) is 14.5 Å². The number of anilines is 1. The molecule has 0 saturated carbocycles. The van der Waals surface area contributed by atoms with Gasteiger partial charge in [-0.15, -0.1) is 0 Å². The van der Waals surface area contributed by atoms with Gasteiger partial charge in [0.2, 0.25) is 5.91 Å². The Balaban J connectivity index is 2.93. The SMILES string of the molecule is CN(CCC(=O)O)CC(=O)Nc1cc(C(F)(F)F)cc(C(F)(F)F)c1. The standard InChI is InChI=1S/C14H14F6N2O3/c1-22(3-2-12(24)25)7-11(23)21-10-5-8(13(15,16)17)4-9(6-10)14(18,19)20/h4-6H,2-3,7H2,1H3,(H,21,23)(H,24,25). The summed E-state index contributed by atoms with van der Waals surface area (Å²) in [7, 11) is 1.38. The van der Waals surface area contributed by atoms with Crippen molar-refractivity contribution in [3.8, 4) is 0 Å². The summed E-state index contributed by atoms with van der Waals surface area (Å²) in [4.78, 5) is 23.4. The van der Waals surface area contributed by atoms with E-state index in [1.54, 1.807) is 0 Å². The molecule has 1 aromatic rings. The van der Waals surface area contributed by atoms with Crippen LogP contribution in [0.4, 0.5) is 32.0 Å². The number of nitrogens with one attached hydrogen (secondary N) is 1. The number of nitrogens with zero attached hydrogens (tertiary/aromatic N) is 1. The Hall–Kier alpha value is -2.30. The van der Waals surface area contributed by atoms with Gasteiger partial charge in [-0.05, 0) is 25.2 Å². The van der Waals surface area contributed by atoms with Gasteiger partial charge in [0.25, 0.3) is 0 Å². The van der Waals surface area contributed by atoms with E-state index in [0.717, 1.165) is 0 Å². The van der Waals surface area contributed by atoms with Crippen molar-refractivity contribution < 1.29 is 41.0 Å². The number of rotatable bonds is 6. The third-order valence-corrected chi connectivity index (χ3v) is 2.99. The highest BCUT2D eigenvalue weighted by molar-refractivity contribution is 5.92. The summed E-state index contributed by atoms with van der Waals surface area (Å²) in [6.07, 6.45) is -10.3. The number of carboxylic acid groups (broad SMARTS) is 1. The number of hydrogen-bond donors (Lipinski definition) is 2. The molecule has 0 fully saturated rings. The number of alkyl halides is 6. The zero-order valence-electron chi connectivity index (χ0n) is 12.8. The van der Waals surface area contributed by atoms with Crippen LogP contribution in [-0.4, -0.2) is 42.0 Å². The molecule has 2 N–H and O–H groups in total. The van der Waals surface area contributed by atoms with Crippen LogP contribution < -0.4 is 5.32 Å². The third-order valence-electron chi connectivity index (χ3n) is 2.99. The monoisotopic (exact) mass is 372 g/mol. The van der Waals surface area contributed by atoms with Crippen molar-refractivity contribution in [2.75, 3.05) is 25.5 Å². The molecule has 0 heterocycles. The normalized spacial score (nSPS) is 12.3. The number of aliphatic carboxylic acids is 1. The molecule has 0 atom stereocenters. The topological polar surface area (TPSA) is 69.6 Å². The molecule has 0 radical (unpaired) electrons. The number of carbonyl (C=O) groups is 2. The second-order valence-corrected chi connectivity index (χ2v) is 5.22. The van der Waals surface area contributed by atoms with E-state index in [4.69, 9.17) is 5.11 Å². The highest BCUT2D eigenvalue weighted by Crippen LogP contribution is 2.37. The molecule has 11 heteroatoms. The lowest BCUT2D eigenvalue weighted by Gasteiger charge is -2.17. The van der Waals surface area contributed by atoms with Gasteiger partial charge in [0, 0.05) is 12.2 Å². The molecular weight excluding hydrogens is 358 g/mol. The molecule has 0 aliphatic heterocycles. The molecule has 140 valence electrons. The summed E-state index contributed by atoms with van der Waals surface area (Å²) in [5.41, 5.74) is -3.74. The number of carbonyl (C=O) groups excluding carboxylic acids is 1. The first-order chi connectivity index (χ1) is 11.3. The Labute approximate surface area is 138 Å². The Morgan fingerprint density at radius 2 is 1.52 bits per heavy atom. The van der Waals surface area contributed by atoms with Gasteiger partial charge in [-0.25, -0.2) is 0 Å². The summed E-state index contributed by atoms with van der Waals surface area (Å²) in [5, 5.41) is 10.5. The molecule has 0 aliphatic rings. The molecule has 0 aliphatic carbocycles. The van der Waals surface area contributed by atoms with Gasteiger partial charge in [0.1, 0.15) is 0 Å². The van der Waals surface area contributed by atoms with Crippen molar-refractivity contribution >= 4 is 17.6 Å².